The third-order valence-electron chi connectivity index (χ3n) is 0.405. The van der Waals surface area contributed by atoms with E-state index in [1.54, 1.807) is 6.92 Å². The highest BCUT2D eigenvalue weighted by atomic mass is 16.5. The molecule has 0 saturated carbocycles. The fourth-order valence-electron chi connectivity index (χ4n) is 0.179. The van der Waals surface area contributed by atoms with Crippen molar-refractivity contribution in [2.24, 2.45) is 0 Å². The molecule has 0 aromatic heterocycles. The molecule has 0 bridgehead atoms. The van der Waals surface area contributed by atoms with Crippen LogP contribution < -0.4 is 0 Å². The molecule has 0 radical (unpaired) electrons. The molecule has 4 nitrogen and oxygen atoms in total. The highest BCUT2D eigenvalue weighted by molar-refractivity contribution is 5.36. The van der Waals surface area contributed by atoms with E-state index < -0.39 is 6.10 Å². The predicted octanol–water partition coefficient (Wildman–Crippen LogP) is -0.282. The van der Waals surface area contributed by atoms with Crippen molar-refractivity contribution < 1.29 is 14.6 Å². The molecule has 1 unspecified atom stereocenters. The average molecular weight is 163 g/mol. The van der Waals surface area contributed by atoms with Gasteiger partial charge in [-0.15, -0.1) is 0 Å². The van der Waals surface area contributed by atoms with E-state index in [0.29, 0.717) is 6.47 Å². The molecule has 0 aromatic rings. The molecule has 0 aromatic carbocycles. The van der Waals surface area contributed by atoms with Gasteiger partial charge in [-0.2, -0.15) is 0 Å². The number of nitrogens with zero attached hydrogens (tertiary/aromatic N) is 1. The van der Waals surface area contributed by atoms with Crippen LogP contribution in [0.5, 0.6) is 0 Å². The molecule has 0 saturated heterocycles. The normalized spacial score (nSPS) is 11.5. The van der Waals surface area contributed by atoms with E-state index in [0.717, 1.165) is 0 Å². The highest BCUT2D eigenvalue weighted by Gasteiger charge is 1.90. The molecule has 0 fully saturated rings. The molecule has 1 atom stereocenters. The van der Waals surface area contributed by atoms with Crippen molar-refractivity contribution in [1.82, 2.24) is 4.90 Å². The number of carbonyl (C=O) groups excluding carboxylic acids is 1. The molecular weight excluding hydrogens is 146 g/mol. The molecule has 1 N–H and O–H groups in total. The van der Waals surface area contributed by atoms with Crippen molar-refractivity contribution in [2.75, 3.05) is 27.7 Å². The van der Waals surface area contributed by atoms with Gasteiger partial charge in [-0.25, -0.2) is 0 Å². The fourth-order valence-corrected chi connectivity index (χ4v) is 0.179. The van der Waals surface area contributed by atoms with Crippen LogP contribution in [0, 0.1) is 0 Å². The van der Waals surface area contributed by atoms with Gasteiger partial charge >= 0.3 is 0 Å². The van der Waals surface area contributed by atoms with Gasteiger partial charge in [0.25, 0.3) is 6.47 Å². The summed E-state index contributed by atoms with van der Waals surface area (Å²) in [5.74, 6) is 0. The van der Waals surface area contributed by atoms with E-state index >= 15 is 0 Å². The molecule has 0 spiro atoms. The second-order valence-corrected chi connectivity index (χ2v) is 2.62. The molecule has 68 valence electrons. The number of carbonyl (C=O) groups is 1. The summed E-state index contributed by atoms with van der Waals surface area (Å²) in [5.41, 5.74) is 0. The maximum absolute atomic E-state index is 9.38. The third-order valence-corrected chi connectivity index (χ3v) is 0.405. The number of aliphatic hydroxyl groups excluding tert-OH is 1. The maximum atomic E-state index is 9.38. The summed E-state index contributed by atoms with van der Waals surface area (Å²) >= 11 is 0. The van der Waals surface area contributed by atoms with Crippen molar-refractivity contribution in [1.29, 1.82) is 0 Å². The van der Waals surface area contributed by atoms with Gasteiger partial charge in [-0.1, -0.05) is 0 Å². The Bertz CT molecular complexity index is 81.0. The molecule has 0 aliphatic rings. The Kier molecular flexibility index (Phi) is 11.1. The molecule has 11 heavy (non-hydrogen) atoms. The van der Waals surface area contributed by atoms with Gasteiger partial charge in [0.15, 0.2) is 0 Å². The number of hydrogen-bond acceptors (Lipinski definition) is 4. The molecule has 0 rings (SSSR count). The van der Waals surface area contributed by atoms with Crippen LogP contribution in [-0.4, -0.2) is 50.3 Å². The summed E-state index contributed by atoms with van der Waals surface area (Å²) in [6, 6.07) is 0. The zero-order chi connectivity index (χ0) is 9.28. The van der Waals surface area contributed by atoms with Gasteiger partial charge in [-0.05, 0) is 28.1 Å². The lowest BCUT2D eigenvalue weighted by atomic mass is 10.5. The first-order chi connectivity index (χ1) is 5.00. The first kappa shape index (κ1) is 13.0. The lowest BCUT2D eigenvalue weighted by Gasteiger charge is -1.97. The van der Waals surface area contributed by atoms with Crippen LogP contribution in [0.3, 0.4) is 0 Å². The number of hydrogen-bond donors (Lipinski definition) is 1. The monoisotopic (exact) mass is 163 g/mol. The summed E-state index contributed by atoms with van der Waals surface area (Å²) in [6.45, 7) is 1.94. The molecule has 0 aliphatic heterocycles. The summed E-state index contributed by atoms with van der Waals surface area (Å²) in [4.78, 5) is 11.4. The van der Waals surface area contributed by atoms with Crippen LogP contribution in [0.15, 0.2) is 0 Å². The Morgan fingerprint density at radius 2 is 1.91 bits per heavy atom. The maximum Gasteiger partial charge on any atom is 0.293 e. The number of aliphatic hydroxyl groups is 1. The lowest BCUT2D eigenvalue weighted by molar-refractivity contribution is -0.131. The van der Waals surface area contributed by atoms with Gasteiger partial charge in [0.1, 0.15) is 6.61 Å². The van der Waals surface area contributed by atoms with Gasteiger partial charge < -0.3 is 14.7 Å². The summed E-state index contributed by atoms with van der Waals surface area (Å²) in [5, 5.41) is 8.40. The van der Waals surface area contributed by atoms with Crippen LogP contribution in [0.1, 0.15) is 6.92 Å². The van der Waals surface area contributed by atoms with E-state index in [1.165, 1.54) is 0 Å². The van der Waals surface area contributed by atoms with Crippen molar-refractivity contribution in [2.45, 2.75) is 13.0 Å². The molecular formula is C7H17NO3. The minimum Gasteiger partial charge on any atom is -0.465 e. The largest absolute Gasteiger partial charge is 0.465 e. The first-order valence-electron chi connectivity index (χ1n) is 3.35. The van der Waals surface area contributed by atoms with Crippen molar-refractivity contribution >= 4 is 6.47 Å². The SMILES string of the molecule is CC(O)COC=O.CN(C)C. The molecule has 0 heterocycles. The average Bonchev–Trinajstić information content (AvgIpc) is 1.82. The lowest BCUT2D eigenvalue weighted by Crippen LogP contribution is -2.08. The minimum absolute atomic E-state index is 0.0868. The third kappa shape index (κ3) is 44.6. The van der Waals surface area contributed by atoms with Crippen LogP contribution in [-0.2, 0) is 9.53 Å². The second kappa shape index (κ2) is 9.39. The van der Waals surface area contributed by atoms with Crippen LogP contribution in [0.25, 0.3) is 0 Å². The quantitative estimate of drug-likeness (QED) is 0.581. The van der Waals surface area contributed by atoms with Gasteiger partial charge in [0, 0.05) is 0 Å². The predicted molar refractivity (Wildman–Crippen MR) is 43.3 cm³/mol. The first-order valence-corrected chi connectivity index (χ1v) is 3.35. The van der Waals surface area contributed by atoms with Gasteiger partial charge in [0.2, 0.25) is 0 Å². The highest BCUT2D eigenvalue weighted by Crippen LogP contribution is 1.76. The summed E-state index contributed by atoms with van der Waals surface area (Å²) in [6.07, 6.45) is -0.551. The topological polar surface area (TPSA) is 49.8 Å². The Labute approximate surface area is 67.8 Å². The van der Waals surface area contributed by atoms with E-state index in [9.17, 15) is 4.79 Å². The van der Waals surface area contributed by atoms with Crippen molar-refractivity contribution in [3.05, 3.63) is 0 Å². The van der Waals surface area contributed by atoms with E-state index in [-0.39, 0.29) is 6.61 Å². The minimum atomic E-state index is -0.551. The standard InChI is InChI=1S/C4H8O3.C3H9N/c1-4(6)2-7-3-5;1-4(2)3/h3-4,6H,2H2,1H3;1-3H3. The van der Waals surface area contributed by atoms with Crippen LogP contribution in [0.4, 0.5) is 0 Å². The van der Waals surface area contributed by atoms with Gasteiger partial charge in [0.05, 0.1) is 6.10 Å². The Morgan fingerprint density at radius 1 is 1.55 bits per heavy atom. The second-order valence-electron chi connectivity index (χ2n) is 2.62. The van der Waals surface area contributed by atoms with Crippen LogP contribution in [0.2, 0.25) is 0 Å². The Morgan fingerprint density at radius 3 is 2.00 bits per heavy atom. The van der Waals surface area contributed by atoms with Gasteiger partial charge in [-0.3, -0.25) is 4.79 Å². The summed E-state index contributed by atoms with van der Waals surface area (Å²) < 4.78 is 4.16. The smallest absolute Gasteiger partial charge is 0.293 e. The van der Waals surface area contributed by atoms with Crippen molar-refractivity contribution in [3.8, 4) is 0 Å². The Balaban J connectivity index is 0. The fraction of sp³-hybridized carbons (Fsp3) is 0.857. The van der Waals surface area contributed by atoms with Crippen molar-refractivity contribution in [3.63, 3.8) is 0 Å². The molecule has 0 aliphatic carbocycles. The Hall–Kier alpha value is -0.610. The van der Waals surface area contributed by atoms with E-state index in [2.05, 4.69) is 4.74 Å². The zero-order valence-corrected chi connectivity index (χ0v) is 7.57. The zero-order valence-electron chi connectivity index (χ0n) is 7.57. The van der Waals surface area contributed by atoms with E-state index in [1.807, 2.05) is 26.0 Å². The number of rotatable bonds is 3. The molecule has 0 amide bonds. The summed E-state index contributed by atoms with van der Waals surface area (Å²) in [7, 11) is 6.00. The van der Waals surface area contributed by atoms with Crippen LogP contribution >= 0.6 is 0 Å². The van der Waals surface area contributed by atoms with E-state index in [4.69, 9.17) is 5.11 Å². The number of ether oxygens (including phenoxy) is 1. The molecule has 4 heteroatoms.